The molecule has 6 rings (SSSR count). The number of Topliss-reactive ketones (excluding diaryl/α,β-unsaturated/α-hetero) is 4. The van der Waals surface area contributed by atoms with E-state index in [-0.39, 0.29) is 38.6 Å². The number of ketones is 4. The van der Waals surface area contributed by atoms with Gasteiger partial charge in [-0.15, -0.1) is 0 Å². The van der Waals surface area contributed by atoms with Crippen molar-refractivity contribution in [2.24, 2.45) is 0 Å². The van der Waals surface area contributed by atoms with Gasteiger partial charge in [-0.2, -0.15) is 0 Å². The third-order valence-corrected chi connectivity index (χ3v) is 7.73. The molecular formula is C30H22O10. The predicted octanol–water partition coefficient (Wildman–Crippen LogP) is 2.69. The monoisotopic (exact) mass is 542 g/mol. The van der Waals surface area contributed by atoms with Crippen LogP contribution in [0.15, 0.2) is 41.0 Å². The molecule has 0 spiro atoms. The number of carbonyl (C=O) groups excluding carboxylic acids is 4. The average molecular weight is 542 g/mol. The summed E-state index contributed by atoms with van der Waals surface area (Å²) < 4.78 is 0. The minimum Gasteiger partial charge on any atom is -0.507 e. The summed E-state index contributed by atoms with van der Waals surface area (Å²) in [4.78, 5) is 53.5. The summed E-state index contributed by atoms with van der Waals surface area (Å²) >= 11 is 0. The van der Waals surface area contributed by atoms with Crippen LogP contribution in [0.1, 0.15) is 60.6 Å². The average Bonchev–Trinajstić information content (AvgIpc) is 2.85. The van der Waals surface area contributed by atoms with Crippen molar-refractivity contribution in [3.05, 3.63) is 74.4 Å². The van der Waals surface area contributed by atoms with Crippen molar-refractivity contribution in [2.75, 3.05) is 0 Å². The van der Waals surface area contributed by atoms with Gasteiger partial charge in [0, 0.05) is 34.9 Å². The number of aliphatic hydroxyl groups excluding tert-OH is 2. The maximum atomic E-state index is 13.9. The molecule has 10 nitrogen and oxygen atoms in total. The first-order valence-corrected chi connectivity index (χ1v) is 12.4. The first-order valence-electron chi connectivity index (χ1n) is 12.4. The van der Waals surface area contributed by atoms with Crippen molar-refractivity contribution in [2.45, 2.75) is 38.9 Å². The summed E-state index contributed by atoms with van der Waals surface area (Å²) in [5, 5.41) is 65.5. The lowest BCUT2D eigenvalue weighted by molar-refractivity contribution is -0.117. The number of allylic oxidation sites excluding steroid dienone is 1. The number of carbonyl (C=O) groups is 4. The molecule has 10 heteroatoms. The van der Waals surface area contributed by atoms with E-state index in [1.54, 1.807) is 13.8 Å². The Bertz CT molecular complexity index is 1860. The largest absolute Gasteiger partial charge is 0.507 e. The van der Waals surface area contributed by atoms with Crippen molar-refractivity contribution >= 4 is 39.5 Å². The van der Waals surface area contributed by atoms with E-state index in [2.05, 4.69) is 0 Å². The van der Waals surface area contributed by atoms with Crippen LogP contribution in [0.4, 0.5) is 0 Å². The lowest BCUT2D eigenvalue weighted by atomic mass is 9.69. The molecule has 0 saturated carbocycles. The maximum absolute atomic E-state index is 13.9. The van der Waals surface area contributed by atoms with Gasteiger partial charge in [0.15, 0.2) is 17.3 Å². The summed E-state index contributed by atoms with van der Waals surface area (Å²) in [5.74, 6) is -5.66. The normalized spacial score (nSPS) is 22.5. The number of hydrogen-bond donors (Lipinski definition) is 6. The Balaban J connectivity index is 1.77. The fourth-order valence-corrected chi connectivity index (χ4v) is 6.15. The van der Waals surface area contributed by atoms with Gasteiger partial charge in [-0.05, 0) is 60.4 Å². The minimum absolute atomic E-state index is 0.0683. The molecule has 0 bridgehead atoms. The second-order valence-electron chi connectivity index (χ2n) is 10.4. The number of phenols is 4. The third kappa shape index (κ3) is 3.23. The number of aliphatic hydroxyl groups is 2. The molecule has 6 N–H and O–H groups in total. The Labute approximate surface area is 225 Å². The quantitative estimate of drug-likeness (QED) is 0.182. The van der Waals surface area contributed by atoms with E-state index in [9.17, 15) is 49.8 Å². The number of benzene rings is 3. The lowest BCUT2D eigenvalue weighted by Gasteiger charge is -2.34. The maximum Gasteiger partial charge on any atom is 0.201 e. The van der Waals surface area contributed by atoms with Crippen molar-refractivity contribution in [3.8, 4) is 23.0 Å². The number of fused-ring (bicyclic) bond motifs is 3. The molecule has 3 aliphatic rings. The molecule has 0 heterocycles. The van der Waals surface area contributed by atoms with Crippen LogP contribution in [-0.4, -0.2) is 66.0 Å². The number of phenolic OH excluding ortho intramolecular Hbond substituents is 4. The molecular weight excluding hydrogens is 520 g/mol. The zero-order valence-corrected chi connectivity index (χ0v) is 21.2. The molecule has 0 fully saturated rings. The second kappa shape index (κ2) is 8.35. The Morgan fingerprint density at radius 1 is 0.625 bits per heavy atom. The van der Waals surface area contributed by atoms with E-state index in [1.165, 1.54) is 24.3 Å². The van der Waals surface area contributed by atoms with Gasteiger partial charge in [0.1, 0.15) is 23.0 Å². The molecule has 2 unspecified atom stereocenters. The summed E-state index contributed by atoms with van der Waals surface area (Å²) in [6.45, 7) is 3.20. The fraction of sp³-hybridized carbons (Fsp3) is 0.200. The van der Waals surface area contributed by atoms with Gasteiger partial charge in [-0.25, -0.2) is 0 Å². The second-order valence-corrected chi connectivity index (χ2v) is 10.4. The van der Waals surface area contributed by atoms with Gasteiger partial charge in [-0.3, -0.25) is 19.2 Å². The molecule has 0 aromatic heterocycles. The Kier molecular flexibility index (Phi) is 5.32. The zero-order chi connectivity index (χ0) is 28.9. The van der Waals surface area contributed by atoms with E-state index in [1.807, 2.05) is 0 Å². The van der Waals surface area contributed by atoms with Crippen LogP contribution in [0, 0.1) is 13.8 Å². The zero-order valence-electron chi connectivity index (χ0n) is 21.2. The van der Waals surface area contributed by atoms with Gasteiger partial charge in [0.05, 0.1) is 34.3 Å². The summed E-state index contributed by atoms with van der Waals surface area (Å²) in [6.07, 6.45) is -4.71. The molecule has 3 aromatic carbocycles. The first-order chi connectivity index (χ1) is 18.8. The highest BCUT2D eigenvalue weighted by Crippen LogP contribution is 2.52. The molecule has 0 amide bonds. The molecule has 0 aliphatic heterocycles. The molecule has 3 aromatic rings. The molecule has 2 atom stereocenters. The SMILES string of the molecule is Cc1cc(O)c2c(c1)C(=O)C1=C(C(=O)CC(O)C1=C1c3c(c(O)c4c(O)cc(C)cc4c3O)C(=O)CC1O)C2=O. The van der Waals surface area contributed by atoms with Crippen LogP contribution < -0.4 is 0 Å². The van der Waals surface area contributed by atoms with E-state index in [0.29, 0.717) is 11.1 Å². The Hall–Kier alpha value is -4.80. The first kappa shape index (κ1) is 25.5. The van der Waals surface area contributed by atoms with Crippen LogP contribution >= 0.6 is 0 Å². The Morgan fingerprint density at radius 2 is 1.23 bits per heavy atom. The van der Waals surface area contributed by atoms with E-state index >= 15 is 0 Å². The van der Waals surface area contributed by atoms with E-state index in [0.717, 1.165) is 0 Å². The minimum atomic E-state index is -1.73. The predicted molar refractivity (Wildman–Crippen MR) is 140 cm³/mol. The van der Waals surface area contributed by atoms with Crippen molar-refractivity contribution in [1.82, 2.24) is 0 Å². The molecule has 0 saturated heterocycles. The van der Waals surface area contributed by atoms with E-state index < -0.39 is 87.9 Å². The standard InChI is InChI=1S/C30H22O10/c1-9-3-11-19(13(31)5-9)29(39)23-17(35)7-15(33)21(25(23)27(11)37)22-16(34)8-18(36)24-26(22)28(38)12-4-10(2)6-14(32)20(12)30(24)40/h3-6,15-16,31-34,37,39H,7-8H2,1-2H3. The number of hydrogen-bond acceptors (Lipinski definition) is 10. The van der Waals surface area contributed by atoms with Crippen LogP contribution in [0.3, 0.4) is 0 Å². The summed E-state index contributed by atoms with van der Waals surface area (Å²) in [6, 6.07) is 5.38. The number of aromatic hydroxyl groups is 4. The van der Waals surface area contributed by atoms with Crippen molar-refractivity contribution in [1.29, 1.82) is 0 Å². The highest BCUT2D eigenvalue weighted by Gasteiger charge is 2.47. The molecule has 202 valence electrons. The van der Waals surface area contributed by atoms with Gasteiger partial charge in [0.2, 0.25) is 5.78 Å². The molecule has 0 radical (unpaired) electrons. The third-order valence-electron chi connectivity index (χ3n) is 7.73. The van der Waals surface area contributed by atoms with Gasteiger partial charge in [0.25, 0.3) is 0 Å². The Morgan fingerprint density at radius 3 is 1.93 bits per heavy atom. The van der Waals surface area contributed by atoms with Gasteiger partial charge >= 0.3 is 0 Å². The fourth-order valence-electron chi connectivity index (χ4n) is 6.15. The van der Waals surface area contributed by atoms with E-state index in [4.69, 9.17) is 0 Å². The van der Waals surface area contributed by atoms with Crippen LogP contribution in [0.2, 0.25) is 0 Å². The summed E-state index contributed by atoms with van der Waals surface area (Å²) in [5.41, 5.74) is -2.22. The van der Waals surface area contributed by atoms with Crippen molar-refractivity contribution in [3.63, 3.8) is 0 Å². The van der Waals surface area contributed by atoms with Crippen LogP contribution in [0.25, 0.3) is 16.3 Å². The van der Waals surface area contributed by atoms with Crippen LogP contribution in [0.5, 0.6) is 23.0 Å². The number of rotatable bonds is 0. The van der Waals surface area contributed by atoms with Gasteiger partial charge < -0.3 is 30.6 Å². The highest BCUT2D eigenvalue weighted by molar-refractivity contribution is 6.39. The highest BCUT2D eigenvalue weighted by atomic mass is 16.3. The van der Waals surface area contributed by atoms with Crippen molar-refractivity contribution < 1.29 is 49.8 Å². The summed E-state index contributed by atoms with van der Waals surface area (Å²) in [7, 11) is 0. The smallest absolute Gasteiger partial charge is 0.201 e. The molecule has 3 aliphatic carbocycles. The topological polar surface area (TPSA) is 190 Å². The van der Waals surface area contributed by atoms with Gasteiger partial charge in [-0.1, -0.05) is 0 Å². The number of aryl methyl sites for hydroxylation is 2. The molecule has 40 heavy (non-hydrogen) atoms. The van der Waals surface area contributed by atoms with Crippen LogP contribution in [-0.2, 0) is 4.79 Å². The lowest BCUT2D eigenvalue weighted by Crippen LogP contribution is -2.38.